The number of nitrogens with zero attached hydrogens (tertiary/aromatic N) is 5. The molecule has 0 saturated carbocycles. The van der Waals surface area contributed by atoms with Crippen molar-refractivity contribution in [2.45, 2.75) is 0 Å². The number of furan rings is 3. The summed E-state index contributed by atoms with van der Waals surface area (Å²) in [5.74, 6) is 0.639. The Morgan fingerprint density at radius 3 is 1.00 bits per heavy atom. The average molecular weight is 1400 g/mol. The molecule has 0 aliphatic rings. The summed E-state index contributed by atoms with van der Waals surface area (Å²) in [6.45, 7) is 0. The fourth-order valence-electron chi connectivity index (χ4n) is 17.8. The average Bonchev–Trinajstić information content (AvgIpc) is 1.58. The number of hydrogen-bond donors (Lipinski definition) is 0. The van der Waals surface area contributed by atoms with E-state index < -0.39 is 0 Å². The van der Waals surface area contributed by atoms with Gasteiger partial charge in [-0.3, -0.25) is 0 Å². The van der Waals surface area contributed by atoms with Crippen LogP contribution in [-0.2, 0) is 0 Å². The van der Waals surface area contributed by atoms with Gasteiger partial charge in [-0.1, -0.05) is 212 Å². The van der Waals surface area contributed by atoms with Crippen LogP contribution in [-0.4, -0.2) is 23.7 Å². The van der Waals surface area contributed by atoms with Crippen molar-refractivity contribution in [2.75, 3.05) is 0 Å². The second kappa shape index (κ2) is 23.3. The predicted octanol–water partition coefficient (Wildman–Crippen LogP) is 27.8. The van der Waals surface area contributed by atoms with Gasteiger partial charge in [0.25, 0.3) is 0 Å². The molecule has 0 atom stereocenters. The lowest BCUT2D eigenvalue weighted by Gasteiger charge is -2.15. The van der Waals surface area contributed by atoms with Crippen LogP contribution in [0.25, 0.3) is 237 Å². The number of aromatic nitrogens is 5. The Labute approximate surface area is 628 Å². The normalized spacial score (nSPS) is 12.2. The lowest BCUT2D eigenvalue weighted by Crippen LogP contribution is -1.98. The fourth-order valence-corrected chi connectivity index (χ4v) is 17.8. The third-order valence-corrected chi connectivity index (χ3v) is 23.0. The first kappa shape index (κ1) is 60.4. The Balaban J connectivity index is 0.644. The minimum atomic E-state index is 0.639. The van der Waals surface area contributed by atoms with Crippen molar-refractivity contribution >= 4 is 153 Å². The van der Waals surface area contributed by atoms with Gasteiger partial charge < -0.3 is 27.0 Å². The van der Waals surface area contributed by atoms with Gasteiger partial charge in [0.05, 0.1) is 44.3 Å². The molecule has 0 saturated heterocycles. The Morgan fingerprint density at radius 1 is 0.182 bits per heavy atom. The van der Waals surface area contributed by atoms with Crippen molar-refractivity contribution in [3.05, 3.63) is 358 Å². The lowest BCUT2D eigenvalue weighted by atomic mass is 9.99. The molecule has 0 aliphatic heterocycles. The van der Waals surface area contributed by atoms with Gasteiger partial charge in [-0.25, -0.2) is 9.97 Å². The van der Waals surface area contributed by atoms with Gasteiger partial charge in [-0.15, -0.1) is 0 Å². The predicted molar refractivity (Wildman–Crippen MR) is 455 cm³/mol. The highest BCUT2D eigenvalue weighted by molar-refractivity contribution is 6.15. The summed E-state index contributed by atoms with van der Waals surface area (Å²) in [5, 5.41) is 17.0. The summed E-state index contributed by atoms with van der Waals surface area (Å²) >= 11 is 0. The molecule has 8 nitrogen and oxygen atoms in total. The third kappa shape index (κ3) is 9.27. The van der Waals surface area contributed by atoms with Crippen LogP contribution in [0.5, 0.6) is 0 Å². The topological polar surface area (TPSA) is 80.0 Å². The monoisotopic (exact) mass is 1400 g/mol. The number of fused-ring (bicyclic) bond motifs is 20. The summed E-state index contributed by atoms with van der Waals surface area (Å²) in [6, 6.07) is 129. The van der Waals surface area contributed by atoms with Crippen LogP contribution in [0.1, 0.15) is 0 Å². The first-order valence-electron chi connectivity index (χ1n) is 37.4. The molecular weight excluding hydrogens is 1340 g/mol. The third-order valence-electron chi connectivity index (χ3n) is 23.0. The van der Waals surface area contributed by atoms with Crippen LogP contribution in [0.4, 0.5) is 0 Å². The van der Waals surface area contributed by atoms with Crippen LogP contribution in [0.15, 0.2) is 371 Å². The fraction of sp³-hybridized carbons (Fsp3) is 0. The zero-order valence-electron chi connectivity index (χ0n) is 59.0. The largest absolute Gasteiger partial charge is 0.456 e. The first-order valence-corrected chi connectivity index (χ1v) is 37.4. The molecule has 17 aromatic carbocycles. The van der Waals surface area contributed by atoms with Gasteiger partial charge in [0.2, 0.25) is 0 Å². The highest BCUT2D eigenvalue weighted by atomic mass is 16.3. The Kier molecular flexibility index (Phi) is 12.8. The van der Waals surface area contributed by atoms with E-state index in [1.165, 1.54) is 32.3 Å². The maximum absolute atomic E-state index is 6.44. The van der Waals surface area contributed by atoms with Crippen molar-refractivity contribution < 1.29 is 13.3 Å². The van der Waals surface area contributed by atoms with E-state index in [9.17, 15) is 0 Å². The van der Waals surface area contributed by atoms with Crippen LogP contribution < -0.4 is 0 Å². The van der Waals surface area contributed by atoms with Crippen LogP contribution in [0.3, 0.4) is 0 Å². The van der Waals surface area contributed by atoms with Gasteiger partial charge in [-0.05, 0) is 201 Å². The molecule has 0 spiro atoms. The van der Waals surface area contributed by atoms with E-state index in [4.69, 9.17) is 23.2 Å². The van der Waals surface area contributed by atoms with Crippen molar-refractivity contribution in [2.24, 2.45) is 0 Å². The highest BCUT2D eigenvalue weighted by Gasteiger charge is 2.23. The number of hydrogen-bond acceptors (Lipinski definition) is 5. The van der Waals surface area contributed by atoms with E-state index in [0.29, 0.717) is 5.82 Å². The number of benzene rings is 17. The molecule has 7 heterocycles. The highest BCUT2D eigenvalue weighted by Crippen LogP contribution is 2.44. The van der Waals surface area contributed by atoms with Gasteiger partial charge in [0, 0.05) is 98.2 Å². The van der Waals surface area contributed by atoms with E-state index in [2.05, 4.69) is 335 Å². The molecule has 8 heteroatoms. The molecule has 0 bridgehead atoms. The molecule has 0 aliphatic carbocycles. The molecule has 24 rings (SSSR count). The minimum Gasteiger partial charge on any atom is -0.456 e. The maximum atomic E-state index is 6.44. The molecule has 0 fully saturated rings. The maximum Gasteiger partial charge on any atom is 0.160 e. The smallest absolute Gasteiger partial charge is 0.160 e. The molecule has 0 radical (unpaired) electrons. The second-order valence-corrected chi connectivity index (χ2v) is 29.2. The zero-order valence-corrected chi connectivity index (χ0v) is 59.0. The van der Waals surface area contributed by atoms with Crippen molar-refractivity contribution in [1.29, 1.82) is 0 Å². The summed E-state index contributed by atoms with van der Waals surface area (Å²) in [6.07, 6.45) is 0. The zero-order chi connectivity index (χ0) is 71.8. The van der Waals surface area contributed by atoms with Crippen LogP contribution >= 0.6 is 0 Å². The molecule has 510 valence electrons. The van der Waals surface area contributed by atoms with Crippen molar-refractivity contribution in [3.63, 3.8) is 0 Å². The van der Waals surface area contributed by atoms with E-state index >= 15 is 0 Å². The van der Waals surface area contributed by atoms with E-state index in [1.54, 1.807) is 0 Å². The molecule has 7 aromatic heterocycles. The molecular formula is C102H59N5O3. The van der Waals surface area contributed by atoms with Gasteiger partial charge in [0.1, 0.15) is 33.5 Å². The summed E-state index contributed by atoms with van der Waals surface area (Å²) < 4.78 is 26.5. The van der Waals surface area contributed by atoms with Gasteiger partial charge in [-0.2, -0.15) is 0 Å². The van der Waals surface area contributed by atoms with Crippen molar-refractivity contribution in [3.8, 4) is 84.2 Å². The van der Waals surface area contributed by atoms with Crippen molar-refractivity contribution in [1.82, 2.24) is 23.7 Å². The quantitative estimate of drug-likeness (QED) is 0.144. The second-order valence-electron chi connectivity index (χ2n) is 29.2. The van der Waals surface area contributed by atoms with Crippen LogP contribution in [0.2, 0.25) is 0 Å². The molecule has 110 heavy (non-hydrogen) atoms. The SMILES string of the molecule is c1cc(-c2ccc3nc(-c4ccc5cc(-n6c7ccccc7c7ccc(-c8ccc9c(c8)oc8ccccc89)cc76)ccc5c4)nc(-c4cccc(-n5c6ccccc6c6ccc(-c7ccc8c(c7)oc7ccccc78)cc65)c4)c3c2)cc(-n2c3ccccc3c3ccc(-c4ccc5c(c4)oc4ccccc45)cc32)c1. The molecule has 0 unspecified atom stereocenters. The molecule has 0 N–H and O–H groups in total. The summed E-state index contributed by atoms with van der Waals surface area (Å²) in [5.41, 5.74) is 27.5. The molecule has 24 aromatic rings. The number of rotatable bonds is 9. The Morgan fingerprint density at radius 2 is 0.518 bits per heavy atom. The summed E-state index contributed by atoms with van der Waals surface area (Å²) in [4.78, 5) is 11.3. The van der Waals surface area contributed by atoms with E-state index in [-0.39, 0.29) is 0 Å². The molecule has 0 amide bonds. The first-order chi connectivity index (χ1) is 54.4. The Bertz CT molecular complexity index is 8070. The van der Waals surface area contributed by atoms with Crippen LogP contribution in [0, 0.1) is 0 Å². The standard InChI is InChI=1S/C102H59N5O3/c1-7-25-89-75(19-1)78-42-34-64(67-37-45-84-81-22-4-10-28-95(81)108-98(84)57-67)54-92(78)105(89)72-17-13-15-60(50-72)63-40-48-88-87(53-63)101(70-16-14-18-73(52-70)106-90-26-8-2-20-76(90)79-43-35-65(55-93(79)106)68-38-46-85-82-23-5-11-29-96(82)109-99(85)58-68)104-102(103-88)71-32-31-62-51-74(41-33-61(62)49-71)107-91-27-9-3-21-77(91)80-44-36-66(56-94(80)107)69-39-47-86-83-24-6-12-30-97(83)110-100(86)59-69/h1-59H. The summed E-state index contributed by atoms with van der Waals surface area (Å²) in [7, 11) is 0. The van der Waals surface area contributed by atoms with E-state index in [1.807, 2.05) is 36.4 Å². The van der Waals surface area contributed by atoms with E-state index in [0.717, 1.165) is 199 Å². The van der Waals surface area contributed by atoms with Gasteiger partial charge >= 0.3 is 0 Å². The van der Waals surface area contributed by atoms with Gasteiger partial charge in [0.15, 0.2) is 5.82 Å². The Hall–Kier alpha value is -14.9. The number of para-hydroxylation sites is 6. The minimum absolute atomic E-state index is 0.639. The lowest BCUT2D eigenvalue weighted by molar-refractivity contribution is 0.668.